The lowest BCUT2D eigenvalue weighted by Crippen LogP contribution is -2.43. The van der Waals surface area contributed by atoms with Gasteiger partial charge in [0.25, 0.3) is 5.91 Å². The molecule has 0 aromatic heterocycles. The fourth-order valence-corrected chi connectivity index (χ4v) is 8.73. The number of carbonyl (C=O) groups is 2. The van der Waals surface area contributed by atoms with Crippen molar-refractivity contribution in [2.75, 3.05) is 16.8 Å². The van der Waals surface area contributed by atoms with Gasteiger partial charge in [0, 0.05) is 41.4 Å². The molecule has 7 nitrogen and oxygen atoms in total. The van der Waals surface area contributed by atoms with Gasteiger partial charge in [0.2, 0.25) is 5.91 Å². The highest BCUT2D eigenvalue weighted by atomic mass is 28.4. The van der Waals surface area contributed by atoms with Gasteiger partial charge >= 0.3 is 0 Å². The summed E-state index contributed by atoms with van der Waals surface area (Å²) in [6, 6.07) is 13.4. The van der Waals surface area contributed by atoms with Crippen molar-refractivity contribution >= 4 is 37.2 Å². The zero-order chi connectivity index (χ0) is 23.5. The van der Waals surface area contributed by atoms with Crippen LogP contribution in [0.3, 0.4) is 0 Å². The van der Waals surface area contributed by atoms with E-state index >= 15 is 0 Å². The first-order valence-corrected chi connectivity index (χ1v) is 14.6. The molecular weight excluding hydrogens is 436 g/mol. The van der Waals surface area contributed by atoms with Crippen molar-refractivity contribution in [2.45, 2.75) is 56.5 Å². The van der Waals surface area contributed by atoms with Crippen molar-refractivity contribution in [3.8, 4) is 0 Å². The summed E-state index contributed by atoms with van der Waals surface area (Å²) in [7, 11) is -2.72. The van der Waals surface area contributed by atoms with Crippen molar-refractivity contribution in [2.24, 2.45) is 5.92 Å². The highest BCUT2D eigenvalue weighted by Gasteiger charge is 2.64. The van der Waals surface area contributed by atoms with E-state index in [4.69, 9.17) is 4.74 Å². The van der Waals surface area contributed by atoms with Crippen molar-refractivity contribution in [3.05, 3.63) is 53.6 Å². The predicted molar refractivity (Wildman–Crippen MR) is 128 cm³/mol. The molecule has 174 valence electrons. The molecule has 0 saturated carbocycles. The van der Waals surface area contributed by atoms with Crippen LogP contribution in [0.25, 0.3) is 0 Å². The van der Waals surface area contributed by atoms with Crippen LogP contribution in [0.2, 0.25) is 18.6 Å². The second-order valence-corrected chi connectivity index (χ2v) is 13.9. The molecule has 4 atom stereocenters. The quantitative estimate of drug-likeness (QED) is 0.600. The number of aliphatic hydroxyl groups is 1. The van der Waals surface area contributed by atoms with Crippen LogP contribution in [0, 0.1) is 5.92 Å². The zero-order valence-corrected chi connectivity index (χ0v) is 20.2. The molecule has 0 aliphatic carbocycles. The average Bonchev–Trinajstić information content (AvgIpc) is 3.22. The minimum absolute atomic E-state index is 0.0142. The lowest BCUT2D eigenvalue weighted by molar-refractivity contribution is -0.143. The fourth-order valence-electron chi connectivity index (χ4n) is 6.13. The Balaban J connectivity index is 1.63. The largest absolute Gasteiger partial charge is 0.432 e. The Kier molecular flexibility index (Phi) is 5.24. The van der Waals surface area contributed by atoms with Crippen LogP contribution in [0.1, 0.15) is 30.9 Å². The summed E-state index contributed by atoms with van der Waals surface area (Å²) in [5.74, 6) is -0.530. The van der Waals surface area contributed by atoms with E-state index in [9.17, 15) is 19.5 Å². The smallest absolute Gasteiger partial charge is 0.261 e. The molecule has 1 spiro atoms. The van der Waals surface area contributed by atoms with E-state index in [0.717, 1.165) is 11.3 Å². The van der Waals surface area contributed by atoms with Crippen LogP contribution in [0.4, 0.5) is 17.1 Å². The number of ether oxygens (including phenoxy) is 1. The summed E-state index contributed by atoms with van der Waals surface area (Å²) in [5.41, 5.74) is 2.54. The first kappa shape index (κ1) is 22.3. The lowest BCUT2D eigenvalue weighted by Gasteiger charge is -2.33. The van der Waals surface area contributed by atoms with Gasteiger partial charge in [-0.25, -0.2) is 0 Å². The van der Waals surface area contributed by atoms with E-state index in [1.807, 2.05) is 62.5 Å². The number of aryl methyl sites for hydroxylation is 1. The molecule has 3 N–H and O–H groups in total. The maximum atomic E-state index is 13.4. The summed E-state index contributed by atoms with van der Waals surface area (Å²) in [5, 5.41) is 12.6. The normalized spacial score (nSPS) is 28.8. The van der Waals surface area contributed by atoms with Gasteiger partial charge in [-0.1, -0.05) is 25.1 Å². The van der Waals surface area contributed by atoms with Gasteiger partial charge in [-0.05, 0) is 55.8 Å². The van der Waals surface area contributed by atoms with E-state index < -0.39 is 20.0 Å². The molecule has 2 aromatic carbocycles. The minimum atomic E-state index is -2.72. The van der Waals surface area contributed by atoms with Crippen LogP contribution in [-0.2, 0) is 26.3 Å². The van der Waals surface area contributed by atoms with E-state index in [1.54, 1.807) is 4.90 Å². The molecular formula is C25H30N2O5Si. The first-order chi connectivity index (χ1) is 15.7. The Hall–Kier alpha value is -2.52. The number of amides is 2. The second kappa shape index (κ2) is 7.77. The Morgan fingerprint density at radius 2 is 1.94 bits per heavy atom. The third-order valence-corrected chi connectivity index (χ3v) is 9.99. The molecule has 33 heavy (non-hydrogen) atoms. The number of aliphatic hydroxyl groups excluding tert-OH is 1. The summed E-state index contributed by atoms with van der Waals surface area (Å²) >= 11 is 0. The van der Waals surface area contributed by atoms with Gasteiger partial charge in [0.1, 0.15) is 0 Å². The van der Waals surface area contributed by atoms with Crippen molar-refractivity contribution in [3.63, 3.8) is 0 Å². The second-order valence-electron chi connectivity index (χ2n) is 9.91. The van der Waals surface area contributed by atoms with Gasteiger partial charge in [-0.3, -0.25) is 14.5 Å². The van der Waals surface area contributed by atoms with E-state index in [2.05, 4.69) is 5.32 Å². The number of para-hydroxylation sites is 1. The minimum Gasteiger partial charge on any atom is -0.432 e. The van der Waals surface area contributed by atoms with Crippen molar-refractivity contribution in [1.82, 2.24) is 0 Å². The fraction of sp³-hybridized carbons (Fsp3) is 0.440. The van der Waals surface area contributed by atoms with Crippen LogP contribution in [0.5, 0.6) is 0 Å². The first-order valence-electron chi connectivity index (χ1n) is 11.6. The van der Waals surface area contributed by atoms with E-state index in [1.165, 1.54) is 0 Å². The molecule has 3 aliphatic rings. The number of nitrogens with zero attached hydrogens (tertiary/aromatic N) is 1. The Bertz CT molecular complexity index is 1130. The molecule has 8 heteroatoms. The maximum Gasteiger partial charge on any atom is 0.261 e. The van der Waals surface area contributed by atoms with E-state index in [0.29, 0.717) is 36.2 Å². The molecule has 0 bridgehead atoms. The molecule has 0 radical (unpaired) electrons. The third kappa shape index (κ3) is 3.27. The average molecular weight is 467 g/mol. The van der Waals surface area contributed by atoms with Gasteiger partial charge in [-0.2, -0.15) is 0 Å². The molecule has 3 heterocycles. The molecule has 1 fully saturated rings. The Morgan fingerprint density at radius 3 is 2.67 bits per heavy atom. The maximum absolute atomic E-state index is 13.4. The molecule has 1 saturated heterocycles. The third-order valence-electron chi connectivity index (χ3n) is 7.48. The number of fused-ring (bicyclic) bond motifs is 3. The topological polar surface area (TPSA) is 99.1 Å². The van der Waals surface area contributed by atoms with Crippen LogP contribution in [0.15, 0.2) is 42.5 Å². The monoisotopic (exact) mass is 466 g/mol. The van der Waals surface area contributed by atoms with Crippen molar-refractivity contribution in [1.29, 1.82) is 0 Å². The van der Waals surface area contributed by atoms with Crippen LogP contribution >= 0.6 is 0 Å². The molecule has 2 aromatic rings. The number of hydrogen-bond acceptors (Lipinski definition) is 5. The number of rotatable bonds is 4. The number of nitrogens with one attached hydrogen (secondary N) is 1. The standard InChI is InChI=1S/C25H30N2O5Si/c1-15-23(33(2,3)31)21(12-13-28)32-25(15)18-14-17(9-10-19(18)26-24(25)30)27-20-7-5-4-6-16(20)8-11-22(27)29/h4-7,9-10,14-15,21,23,28,31H,8,11-13H2,1-3H3,(H,26,30)/t15-,21+,23-,25+/m0/s1. The number of carbonyl (C=O) groups excluding carboxylic acids is 2. The van der Waals surface area contributed by atoms with Crippen molar-refractivity contribution < 1.29 is 24.2 Å². The predicted octanol–water partition coefficient (Wildman–Crippen LogP) is 3.43. The summed E-state index contributed by atoms with van der Waals surface area (Å²) in [4.78, 5) is 39.2. The SMILES string of the molecule is C[C@H]1[C@H]([Si](C)(C)O)[C@@H](CCO)O[C@]12C(=O)Nc1ccc(N3C(=O)CCc4ccccc43)cc12. The molecule has 3 aliphatic heterocycles. The van der Waals surface area contributed by atoms with Gasteiger partial charge in [0.05, 0.1) is 11.8 Å². The molecule has 2 amide bonds. The number of benzene rings is 2. The lowest BCUT2D eigenvalue weighted by atomic mass is 9.82. The van der Waals surface area contributed by atoms with Crippen LogP contribution in [-0.4, -0.2) is 42.7 Å². The van der Waals surface area contributed by atoms with Gasteiger partial charge in [-0.15, -0.1) is 0 Å². The highest BCUT2D eigenvalue weighted by Crippen LogP contribution is 2.58. The van der Waals surface area contributed by atoms with Gasteiger partial charge in [0.15, 0.2) is 13.9 Å². The Morgan fingerprint density at radius 1 is 1.18 bits per heavy atom. The van der Waals surface area contributed by atoms with Crippen LogP contribution < -0.4 is 10.2 Å². The zero-order valence-electron chi connectivity index (χ0n) is 19.2. The number of anilines is 3. The van der Waals surface area contributed by atoms with E-state index in [-0.39, 0.29) is 29.9 Å². The molecule has 0 unspecified atom stereocenters. The summed E-state index contributed by atoms with van der Waals surface area (Å²) < 4.78 is 6.48. The summed E-state index contributed by atoms with van der Waals surface area (Å²) in [6.45, 7) is 5.58. The Labute approximate surface area is 194 Å². The van der Waals surface area contributed by atoms with Gasteiger partial charge < -0.3 is 20.0 Å². The summed E-state index contributed by atoms with van der Waals surface area (Å²) in [6.07, 6.45) is 1.07. The highest BCUT2D eigenvalue weighted by molar-refractivity contribution is 6.71. The number of hydrogen-bond donors (Lipinski definition) is 3. The molecule has 5 rings (SSSR count).